The van der Waals surface area contributed by atoms with Crippen molar-refractivity contribution in [1.29, 1.82) is 0 Å². The van der Waals surface area contributed by atoms with Gasteiger partial charge in [-0.3, -0.25) is 10.1 Å². The summed E-state index contributed by atoms with van der Waals surface area (Å²) in [6, 6.07) is 15.7. The lowest BCUT2D eigenvalue weighted by atomic mass is 10.1. The zero-order chi connectivity index (χ0) is 20.6. The van der Waals surface area contributed by atoms with E-state index in [-0.39, 0.29) is 4.91 Å². The molecule has 1 N–H and O–H groups in total. The largest absolute Gasteiger partial charge is 0.489 e. The van der Waals surface area contributed by atoms with Gasteiger partial charge in [0.2, 0.25) is 0 Å². The SMILES string of the molecule is COC(=O)/C=C1/S/C(=N\N=Cc2ccc(OCc3ccccc3)c(C)c2)NC1=O. The van der Waals surface area contributed by atoms with Gasteiger partial charge >= 0.3 is 5.97 Å². The summed E-state index contributed by atoms with van der Waals surface area (Å²) >= 11 is 1.02. The van der Waals surface area contributed by atoms with Crippen LogP contribution in [0, 0.1) is 6.92 Å². The lowest BCUT2D eigenvalue weighted by Gasteiger charge is -2.09. The van der Waals surface area contributed by atoms with E-state index in [1.807, 2.05) is 55.5 Å². The van der Waals surface area contributed by atoms with Crippen LogP contribution in [0.4, 0.5) is 0 Å². The first kappa shape index (κ1) is 20.3. The Hall–Kier alpha value is -3.39. The Bertz CT molecular complexity index is 1000. The number of amides is 1. The number of methoxy groups -OCH3 is 1. The number of ether oxygens (including phenoxy) is 2. The molecule has 2 aromatic carbocycles. The Labute approximate surface area is 172 Å². The van der Waals surface area contributed by atoms with Crippen molar-refractivity contribution in [3.8, 4) is 5.75 Å². The summed E-state index contributed by atoms with van der Waals surface area (Å²) in [6.07, 6.45) is 2.69. The second kappa shape index (κ2) is 9.70. The van der Waals surface area contributed by atoms with Crippen LogP contribution in [0.1, 0.15) is 16.7 Å². The number of thioether (sulfide) groups is 1. The van der Waals surface area contributed by atoms with Gasteiger partial charge in [0.1, 0.15) is 12.4 Å². The van der Waals surface area contributed by atoms with Crippen molar-refractivity contribution in [2.75, 3.05) is 7.11 Å². The molecule has 0 aliphatic carbocycles. The highest BCUT2D eigenvalue weighted by atomic mass is 32.2. The minimum absolute atomic E-state index is 0.210. The number of aryl methyl sites for hydroxylation is 1. The molecule has 3 rings (SSSR count). The molecule has 0 bridgehead atoms. The van der Waals surface area contributed by atoms with Crippen molar-refractivity contribution >= 4 is 35.0 Å². The van der Waals surface area contributed by atoms with E-state index in [9.17, 15) is 9.59 Å². The summed E-state index contributed by atoms with van der Waals surface area (Å²) in [6.45, 7) is 2.46. The fourth-order valence-corrected chi connectivity index (χ4v) is 3.18. The molecule has 0 atom stereocenters. The molecule has 1 saturated heterocycles. The third-order valence-electron chi connectivity index (χ3n) is 3.89. The molecule has 1 fully saturated rings. The van der Waals surface area contributed by atoms with Crippen molar-refractivity contribution in [2.24, 2.45) is 10.2 Å². The number of hydrogen-bond acceptors (Lipinski definition) is 7. The van der Waals surface area contributed by atoms with E-state index in [0.717, 1.165) is 40.3 Å². The predicted molar refractivity (Wildman–Crippen MR) is 113 cm³/mol. The quantitative estimate of drug-likeness (QED) is 0.343. The summed E-state index contributed by atoms with van der Waals surface area (Å²) in [7, 11) is 1.25. The topological polar surface area (TPSA) is 89.3 Å². The van der Waals surface area contributed by atoms with Gasteiger partial charge in [0.15, 0.2) is 5.17 Å². The van der Waals surface area contributed by atoms with E-state index in [1.165, 1.54) is 7.11 Å². The van der Waals surface area contributed by atoms with Crippen LogP contribution in [-0.2, 0) is 20.9 Å². The van der Waals surface area contributed by atoms with Crippen LogP contribution < -0.4 is 10.1 Å². The van der Waals surface area contributed by atoms with Crippen molar-refractivity contribution in [3.63, 3.8) is 0 Å². The molecule has 1 amide bonds. The van der Waals surface area contributed by atoms with Crippen LogP contribution in [0.3, 0.4) is 0 Å². The molecule has 0 spiro atoms. The van der Waals surface area contributed by atoms with Gasteiger partial charge in [0.05, 0.1) is 18.2 Å². The summed E-state index contributed by atoms with van der Waals surface area (Å²) in [4.78, 5) is 23.2. The van der Waals surface area contributed by atoms with Crippen molar-refractivity contribution in [2.45, 2.75) is 13.5 Å². The average Bonchev–Trinajstić information content (AvgIpc) is 3.07. The number of amidine groups is 1. The molecular weight excluding hydrogens is 390 g/mol. The third kappa shape index (κ3) is 5.79. The molecule has 0 aromatic heterocycles. The Morgan fingerprint density at radius 1 is 1.21 bits per heavy atom. The van der Waals surface area contributed by atoms with Crippen LogP contribution in [0.2, 0.25) is 0 Å². The monoisotopic (exact) mass is 409 g/mol. The van der Waals surface area contributed by atoms with Crippen LogP contribution in [0.15, 0.2) is 69.7 Å². The maximum absolute atomic E-state index is 11.8. The first-order valence-electron chi connectivity index (χ1n) is 8.72. The van der Waals surface area contributed by atoms with Crippen LogP contribution in [0.25, 0.3) is 0 Å². The van der Waals surface area contributed by atoms with Gasteiger partial charge in [0.25, 0.3) is 5.91 Å². The number of carbonyl (C=O) groups excluding carboxylic acids is 2. The average molecular weight is 409 g/mol. The molecule has 0 radical (unpaired) electrons. The minimum Gasteiger partial charge on any atom is -0.489 e. The van der Waals surface area contributed by atoms with Gasteiger partial charge in [-0.2, -0.15) is 5.10 Å². The van der Waals surface area contributed by atoms with Crippen LogP contribution in [-0.4, -0.2) is 30.4 Å². The highest BCUT2D eigenvalue weighted by molar-refractivity contribution is 8.18. The van der Waals surface area contributed by atoms with Crippen molar-refractivity contribution in [3.05, 3.63) is 76.2 Å². The maximum atomic E-state index is 11.8. The van der Waals surface area contributed by atoms with E-state index in [4.69, 9.17) is 4.74 Å². The van der Waals surface area contributed by atoms with Gasteiger partial charge in [-0.1, -0.05) is 30.3 Å². The minimum atomic E-state index is -0.600. The normalized spacial score (nSPS) is 16.4. The molecule has 2 aromatic rings. The van der Waals surface area contributed by atoms with Gasteiger partial charge in [-0.05, 0) is 53.6 Å². The molecule has 1 aliphatic rings. The summed E-state index contributed by atoms with van der Waals surface area (Å²) in [5.41, 5.74) is 2.92. The van der Waals surface area contributed by atoms with Gasteiger partial charge in [-0.25, -0.2) is 4.79 Å². The smallest absolute Gasteiger partial charge is 0.331 e. The lowest BCUT2D eigenvalue weighted by Crippen LogP contribution is -2.19. The molecule has 7 nitrogen and oxygen atoms in total. The number of hydrogen-bond donors (Lipinski definition) is 1. The van der Waals surface area contributed by atoms with E-state index < -0.39 is 11.9 Å². The Morgan fingerprint density at radius 3 is 2.72 bits per heavy atom. The highest BCUT2D eigenvalue weighted by Gasteiger charge is 2.24. The Balaban J connectivity index is 1.60. The van der Waals surface area contributed by atoms with Crippen molar-refractivity contribution in [1.82, 2.24) is 5.32 Å². The fraction of sp³-hybridized carbons (Fsp3) is 0.143. The molecule has 1 aliphatic heterocycles. The lowest BCUT2D eigenvalue weighted by molar-refractivity contribution is -0.135. The van der Waals surface area contributed by atoms with Crippen molar-refractivity contribution < 1.29 is 19.1 Å². The molecule has 0 unspecified atom stereocenters. The van der Waals surface area contributed by atoms with E-state index in [2.05, 4.69) is 20.3 Å². The van der Waals surface area contributed by atoms with Crippen LogP contribution in [0.5, 0.6) is 5.75 Å². The number of esters is 1. The number of benzene rings is 2. The molecule has 148 valence electrons. The first-order chi connectivity index (χ1) is 14.0. The zero-order valence-electron chi connectivity index (χ0n) is 15.9. The summed E-state index contributed by atoms with van der Waals surface area (Å²) in [5.74, 6) is -0.212. The number of carbonyl (C=O) groups is 2. The highest BCUT2D eigenvalue weighted by Crippen LogP contribution is 2.23. The van der Waals surface area contributed by atoms with E-state index in [0.29, 0.717) is 11.8 Å². The summed E-state index contributed by atoms with van der Waals surface area (Å²) in [5, 5.41) is 10.8. The Kier molecular flexibility index (Phi) is 6.80. The standard InChI is InChI=1S/C21H19N3O4S/c1-14-10-16(8-9-17(14)28-13-15-6-4-3-5-7-15)12-22-24-21-23-20(26)18(29-21)11-19(25)27-2/h3-12H,13H2,1-2H3,(H,23,24,26)/b18-11+,22-12?. The van der Waals surface area contributed by atoms with Gasteiger partial charge in [0, 0.05) is 6.08 Å². The fourth-order valence-electron chi connectivity index (χ4n) is 2.44. The third-order valence-corrected chi connectivity index (χ3v) is 4.79. The first-order valence-corrected chi connectivity index (χ1v) is 9.54. The molecule has 8 heteroatoms. The molecule has 1 heterocycles. The maximum Gasteiger partial charge on any atom is 0.331 e. The number of rotatable bonds is 6. The Morgan fingerprint density at radius 2 is 2.00 bits per heavy atom. The zero-order valence-corrected chi connectivity index (χ0v) is 16.7. The van der Waals surface area contributed by atoms with Gasteiger partial charge in [-0.15, -0.1) is 5.10 Å². The second-order valence-corrected chi connectivity index (χ2v) is 7.07. The predicted octanol–water partition coefficient (Wildman–Crippen LogP) is 3.18. The second-order valence-electron chi connectivity index (χ2n) is 6.04. The number of nitrogens with one attached hydrogen (secondary N) is 1. The van der Waals surface area contributed by atoms with Crippen LogP contribution >= 0.6 is 11.8 Å². The van der Waals surface area contributed by atoms with E-state index >= 15 is 0 Å². The van der Waals surface area contributed by atoms with E-state index in [1.54, 1.807) is 6.21 Å². The molecule has 29 heavy (non-hydrogen) atoms. The summed E-state index contributed by atoms with van der Waals surface area (Å²) < 4.78 is 10.4. The molecule has 0 saturated carbocycles. The number of nitrogens with zero attached hydrogens (tertiary/aromatic N) is 2. The molecular formula is C21H19N3O4S. The van der Waals surface area contributed by atoms with Gasteiger partial charge < -0.3 is 9.47 Å².